The van der Waals surface area contributed by atoms with Gasteiger partial charge in [-0.1, -0.05) is 11.6 Å². The Labute approximate surface area is 99.4 Å². The van der Waals surface area contributed by atoms with E-state index in [1.165, 1.54) is 22.1 Å². The lowest BCUT2D eigenvalue weighted by Gasteiger charge is -2.01. The van der Waals surface area contributed by atoms with E-state index in [0.29, 0.717) is 6.54 Å². The van der Waals surface area contributed by atoms with E-state index >= 15 is 0 Å². The number of nitrogens with one attached hydrogen (secondary N) is 1. The van der Waals surface area contributed by atoms with Crippen molar-refractivity contribution in [1.29, 1.82) is 0 Å². The number of aryl methyl sites for hydroxylation is 1. The second-order valence-electron chi connectivity index (χ2n) is 3.25. The van der Waals surface area contributed by atoms with Crippen LogP contribution in [0.2, 0.25) is 5.02 Å². The highest BCUT2D eigenvalue weighted by Crippen LogP contribution is 2.09. The van der Waals surface area contributed by atoms with Gasteiger partial charge in [-0.25, -0.2) is 9.78 Å². The van der Waals surface area contributed by atoms with E-state index in [1.807, 2.05) is 12.3 Å². The van der Waals surface area contributed by atoms with Gasteiger partial charge in [0.15, 0.2) is 0 Å². The van der Waals surface area contributed by atoms with Crippen molar-refractivity contribution in [2.45, 2.75) is 13.5 Å². The average Bonchev–Trinajstić information content (AvgIpc) is 2.60. The normalized spacial score (nSPS) is 10.6. The molecule has 0 spiro atoms. The molecule has 0 bridgehead atoms. The average molecular weight is 258 g/mol. The van der Waals surface area contributed by atoms with Crippen molar-refractivity contribution in [1.82, 2.24) is 14.5 Å². The first-order chi connectivity index (χ1) is 7.56. The van der Waals surface area contributed by atoms with Crippen LogP contribution in [0.1, 0.15) is 10.7 Å². The number of H-pyrrole nitrogens is 1. The van der Waals surface area contributed by atoms with Gasteiger partial charge in [-0.05, 0) is 6.92 Å². The Morgan fingerprint density at radius 1 is 1.56 bits per heavy atom. The molecule has 84 valence electrons. The van der Waals surface area contributed by atoms with Gasteiger partial charge in [-0.2, -0.15) is 0 Å². The Balaban J connectivity index is 2.39. The molecule has 2 heterocycles. The summed E-state index contributed by atoms with van der Waals surface area (Å²) in [5, 5.41) is 2.68. The van der Waals surface area contributed by atoms with Crippen molar-refractivity contribution >= 4 is 22.9 Å². The van der Waals surface area contributed by atoms with Crippen LogP contribution in [0.25, 0.3) is 0 Å². The van der Waals surface area contributed by atoms with Crippen molar-refractivity contribution in [2.75, 3.05) is 0 Å². The van der Waals surface area contributed by atoms with E-state index in [9.17, 15) is 9.59 Å². The fraction of sp³-hybridized carbons (Fsp3) is 0.222. The van der Waals surface area contributed by atoms with E-state index in [0.717, 1.165) is 10.7 Å². The minimum absolute atomic E-state index is 0.00659. The molecule has 0 saturated carbocycles. The molecule has 0 unspecified atom stereocenters. The Kier molecular flexibility index (Phi) is 2.93. The molecule has 5 nitrogen and oxygen atoms in total. The highest BCUT2D eigenvalue weighted by Gasteiger charge is 2.05. The third kappa shape index (κ3) is 2.23. The molecule has 0 fully saturated rings. The summed E-state index contributed by atoms with van der Waals surface area (Å²) in [6, 6.07) is 0. The zero-order valence-electron chi connectivity index (χ0n) is 8.36. The molecule has 2 rings (SSSR count). The van der Waals surface area contributed by atoms with E-state index in [2.05, 4.69) is 9.97 Å². The van der Waals surface area contributed by atoms with Crippen molar-refractivity contribution in [2.24, 2.45) is 0 Å². The molecule has 2 aromatic heterocycles. The van der Waals surface area contributed by atoms with E-state index in [1.54, 1.807) is 0 Å². The Morgan fingerprint density at radius 3 is 2.94 bits per heavy atom. The topological polar surface area (TPSA) is 67.8 Å². The fourth-order valence-corrected chi connectivity index (χ4v) is 2.16. The first kappa shape index (κ1) is 11.1. The molecule has 0 aromatic carbocycles. The summed E-state index contributed by atoms with van der Waals surface area (Å²) >= 11 is 7.09. The van der Waals surface area contributed by atoms with Crippen LogP contribution in [0.4, 0.5) is 0 Å². The van der Waals surface area contributed by atoms with Gasteiger partial charge in [0.1, 0.15) is 10.0 Å². The maximum Gasteiger partial charge on any atom is 0.328 e. The lowest BCUT2D eigenvalue weighted by atomic mass is 10.5. The predicted octanol–water partition coefficient (Wildman–Crippen LogP) is 1.00. The van der Waals surface area contributed by atoms with E-state index in [-0.39, 0.29) is 5.02 Å². The third-order valence-corrected chi connectivity index (χ3v) is 3.16. The summed E-state index contributed by atoms with van der Waals surface area (Å²) in [6.45, 7) is 2.19. The molecule has 0 radical (unpaired) electrons. The highest BCUT2D eigenvalue weighted by molar-refractivity contribution is 7.09. The summed E-state index contributed by atoms with van der Waals surface area (Å²) in [4.78, 5) is 28.8. The second kappa shape index (κ2) is 4.23. The molecule has 2 aromatic rings. The van der Waals surface area contributed by atoms with Crippen molar-refractivity contribution in [3.8, 4) is 0 Å². The second-order valence-corrected chi connectivity index (χ2v) is 4.60. The quantitative estimate of drug-likeness (QED) is 0.873. The Morgan fingerprint density at radius 2 is 2.31 bits per heavy atom. The van der Waals surface area contributed by atoms with Crippen molar-refractivity contribution in [3.63, 3.8) is 0 Å². The van der Waals surface area contributed by atoms with Gasteiger partial charge in [0.2, 0.25) is 0 Å². The number of rotatable bonds is 2. The van der Waals surface area contributed by atoms with Crippen LogP contribution >= 0.6 is 22.9 Å². The number of hydrogen-bond acceptors (Lipinski definition) is 4. The monoisotopic (exact) mass is 257 g/mol. The van der Waals surface area contributed by atoms with Crippen LogP contribution in [-0.2, 0) is 6.54 Å². The maximum absolute atomic E-state index is 11.4. The smallest absolute Gasteiger partial charge is 0.292 e. The van der Waals surface area contributed by atoms with E-state index < -0.39 is 11.2 Å². The van der Waals surface area contributed by atoms with Gasteiger partial charge in [0, 0.05) is 17.3 Å². The number of hydrogen-bond donors (Lipinski definition) is 1. The number of nitrogens with zero attached hydrogens (tertiary/aromatic N) is 2. The van der Waals surface area contributed by atoms with Gasteiger partial charge < -0.3 is 0 Å². The number of thiazole rings is 1. The zero-order chi connectivity index (χ0) is 11.7. The summed E-state index contributed by atoms with van der Waals surface area (Å²) in [6.07, 6.45) is 1.32. The SMILES string of the molecule is Cc1csc(Cn2cc(Cl)c(=O)[nH]c2=O)n1. The minimum Gasteiger partial charge on any atom is -0.292 e. The molecule has 0 aliphatic carbocycles. The number of aromatic amines is 1. The van der Waals surface area contributed by atoms with Gasteiger partial charge in [-0.15, -0.1) is 11.3 Å². The molecule has 0 aliphatic heterocycles. The highest BCUT2D eigenvalue weighted by atomic mass is 35.5. The molecule has 7 heteroatoms. The zero-order valence-corrected chi connectivity index (χ0v) is 9.93. The Bertz CT molecular complexity index is 628. The third-order valence-electron chi connectivity index (χ3n) is 1.94. The standard InChI is InChI=1S/C9H8ClN3O2S/c1-5-4-16-7(11-5)3-13-2-6(10)8(14)12-9(13)15/h2,4H,3H2,1H3,(H,12,14,15). The van der Waals surface area contributed by atoms with E-state index in [4.69, 9.17) is 11.6 Å². The van der Waals surface area contributed by atoms with Crippen LogP contribution in [0, 0.1) is 6.92 Å². The number of aromatic nitrogens is 3. The Hall–Kier alpha value is -1.40. The summed E-state index contributed by atoms with van der Waals surface area (Å²) in [5.74, 6) is 0. The van der Waals surface area contributed by atoms with Gasteiger partial charge >= 0.3 is 5.69 Å². The van der Waals surface area contributed by atoms with Crippen LogP contribution in [0.3, 0.4) is 0 Å². The van der Waals surface area contributed by atoms with Crippen LogP contribution in [0.5, 0.6) is 0 Å². The van der Waals surface area contributed by atoms with Crippen molar-refractivity contribution < 1.29 is 0 Å². The summed E-state index contributed by atoms with van der Waals surface area (Å²) in [5.41, 5.74) is -0.149. The first-order valence-corrected chi connectivity index (χ1v) is 5.72. The minimum atomic E-state index is -0.571. The molecule has 0 aliphatic rings. The molecular weight excluding hydrogens is 250 g/mol. The summed E-state index contributed by atoms with van der Waals surface area (Å²) < 4.78 is 1.32. The van der Waals surface area contributed by atoms with Crippen molar-refractivity contribution in [3.05, 3.63) is 48.1 Å². The number of halogens is 1. The van der Waals surface area contributed by atoms with Gasteiger partial charge in [-0.3, -0.25) is 14.3 Å². The molecule has 0 atom stereocenters. The molecular formula is C9H8ClN3O2S. The summed E-state index contributed by atoms with van der Waals surface area (Å²) in [7, 11) is 0. The predicted molar refractivity (Wildman–Crippen MR) is 62.3 cm³/mol. The first-order valence-electron chi connectivity index (χ1n) is 4.46. The lowest BCUT2D eigenvalue weighted by Crippen LogP contribution is -2.29. The van der Waals surface area contributed by atoms with Gasteiger partial charge in [0.05, 0.1) is 6.54 Å². The molecule has 16 heavy (non-hydrogen) atoms. The molecule has 0 amide bonds. The van der Waals surface area contributed by atoms with Crippen LogP contribution in [0.15, 0.2) is 21.2 Å². The molecule has 1 N–H and O–H groups in total. The largest absolute Gasteiger partial charge is 0.328 e. The van der Waals surface area contributed by atoms with Crippen LogP contribution < -0.4 is 11.2 Å². The van der Waals surface area contributed by atoms with Crippen LogP contribution in [-0.4, -0.2) is 14.5 Å². The lowest BCUT2D eigenvalue weighted by molar-refractivity contribution is 0.715. The molecule has 0 saturated heterocycles. The van der Waals surface area contributed by atoms with Gasteiger partial charge in [0.25, 0.3) is 5.56 Å². The fourth-order valence-electron chi connectivity index (χ4n) is 1.22. The maximum atomic E-state index is 11.4.